The Hall–Kier alpha value is -2.72. The van der Waals surface area contributed by atoms with E-state index in [0.29, 0.717) is 0 Å². The van der Waals surface area contributed by atoms with E-state index in [1.807, 2.05) is 0 Å². The predicted molar refractivity (Wildman–Crippen MR) is 121 cm³/mol. The molecule has 10 heteroatoms. The molecule has 0 aliphatic rings. The fourth-order valence-electron chi connectivity index (χ4n) is 2.83. The smallest absolute Gasteiger partial charge is 0.383 e. The molecule has 1 aromatic heterocycles. The zero-order valence-corrected chi connectivity index (χ0v) is 19.9. The lowest BCUT2D eigenvalue weighted by atomic mass is 9.91. The van der Waals surface area contributed by atoms with Crippen molar-refractivity contribution in [3.63, 3.8) is 0 Å². The van der Waals surface area contributed by atoms with E-state index in [-0.39, 0.29) is 39.7 Å². The topological polar surface area (TPSA) is 77.4 Å². The van der Waals surface area contributed by atoms with Crippen molar-refractivity contribution in [3.05, 3.63) is 54.9 Å². The summed E-state index contributed by atoms with van der Waals surface area (Å²) in [6.45, 7) is 6.83. The van der Waals surface area contributed by atoms with Crippen LogP contribution in [0.4, 0.5) is 13.2 Å². The maximum atomic E-state index is 13.0. The van der Waals surface area contributed by atoms with Crippen molar-refractivity contribution in [2.24, 2.45) is 5.41 Å². The number of thiazole rings is 1. The van der Waals surface area contributed by atoms with Crippen LogP contribution in [0.1, 0.15) is 38.8 Å². The number of Topliss-reactive ketones (excluding diaryl/α,β-unsaturated/α-hetero) is 1. The number of alkyl halides is 3. The van der Waals surface area contributed by atoms with Gasteiger partial charge in [-0.15, -0.1) is 11.3 Å². The molecule has 33 heavy (non-hydrogen) atoms. The minimum atomic E-state index is -4.52. The van der Waals surface area contributed by atoms with Crippen molar-refractivity contribution in [2.75, 3.05) is 13.7 Å². The number of hydrogen-bond acceptors (Lipinski definition) is 5. The zero-order valence-electron chi connectivity index (χ0n) is 19.1. The van der Waals surface area contributed by atoms with Crippen molar-refractivity contribution in [3.8, 4) is 0 Å². The van der Waals surface area contributed by atoms with Gasteiger partial charge in [-0.2, -0.15) is 13.2 Å². The van der Waals surface area contributed by atoms with E-state index in [1.165, 1.54) is 31.4 Å². The maximum absolute atomic E-state index is 13.0. The fourth-order valence-corrected chi connectivity index (χ4v) is 3.87. The Morgan fingerprint density at radius 3 is 2.48 bits per heavy atom. The molecule has 2 rings (SSSR count). The molecule has 6 nitrogen and oxygen atoms in total. The van der Waals surface area contributed by atoms with Gasteiger partial charge in [0.1, 0.15) is 11.2 Å². The van der Waals surface area contributed by atoms with E-state index < -0.39 is 28.6 Å². The van der Waals surface area contributed by atoms with E-state index >= 15 is 0 Å². The number of ketones is 1. The molecule has 0 bridgehead atoms. The number of hydrogen-bond donors (Lipinski definition) is 1. The molecule has 0 fully saturated rings. The largest absolute Gasteiger partial charge is 0.416 e. The van der Waals surface area contributed by atoms with Gasteiger partial charge in [0.05, 0.1) is 16.7 Å². The van der Waals surface area contributed by atoms with E-state index in [2.05, 4.69) is 5.32 Å². The maximum Gasteiger partial charge on any atom is 0.416 e. The summed E-state index contributed by atoms with van der Waals surface area (Å²) in [5.74, 6) is -0.709. The molecule has 180 valence electrons. The molecule has 1 heterocycles. The minimum absolute atomic E-state index is 0.111. The first-order valence-electron chi connectivity index (χ1n) is 10.2. The molecular weight excluding hydrogens is 457 g/mol. The fraction of sp³-hybridized carbons (Fsp3) is 0.435. The van der Waals surface area contributed by atoms with E-state index in [0.717, 1.165) is 28.0 Å². The zero-order chi connectivity index (χ0) is 25.0. The number of ether oxygens (including phenoxy) is 1. The van der Waals surface area contributed by atoms with Gasteiger partial charge in [0, 0.05) is 24.6 Å². The number of benzene rings is 1. The monoisotopic (exact) mass is 484 g/mol. The van der Waals surface area contributed by atoms with Crippen LogP contribution in [0.25, 0.3) is 12.2 Å². The molecule has 1 aromatic carbocycles. The van der Waals surface area contributed by atoms with Gasteiger partial charge in [-0.1, -0.05) is 32.9 Å². The van der Waals surface area contributed by atoms with Gasteiger partial charge < -0.3 is 10.1 Å². The molecule has 0 saturated heterocycles. The van der Waals surface area contributed by atoms with Crippen molar-refractivity contribution in [1.29, 1.82) is 0 Å². The Morgan fingerprint density at radius 1 is 1.24 bits per heavy atom. The van der Waals surface area contributed by atoms with E-state index in [1.54, 1.807) is 27.7 Å². The molecule has 0 radical (unpaired) electrons. The van der Waals surface area contributed by atoms with Crippen molar-refractivity contribution >= 4 is 35.2 Å². The second-order valence-corrected chi connectivity index (χ2v) is 9.71. The summed E-state index contributed by atoms with van der Waals surface area (Å²) in [4.78, 5) is 38.0. The number of carbonyl (C=O) groups is 2. The standard InChI is InChI=1S/C23H27F3N2O4S/c1-14(13-32-5)27-19(30)12-28-20(11-18(29)22(2,3)4)33-17(21(28)31)10-15-7-6-8-16(9-15)23(24,25)26/h6-11,14H,12-13H2,1-5H3,(H,27,30). The third-order valence-corrected chi connectivity index (χ3v) is 5.63. The number of nitrogens with one attached hydrogen (secondary N) is 1. The number of amides is 1. The van der Waals surface area contributed by atoms with Crippen LogP contribution in [0, 0.1) is 5.41 Å². The number of nitrogens with zero attached hydrogens (tertiary/aromatic N) is 1. The summed E-state index contributed by atoms with van der Waals surface area (Å²) in [5.41, 5.74) is -1.94. The Morgan fingerprint density at radius 2 is 1.91 bits per heavy atom. The van der Waals surface area contributed by atoms with Crippen LogP contribution in [0.5, 0.6) is 0 Å². The summed E-state index contributed by atoms with van der Waals surface area (Å²) in [6, 6.07) is 4.28. The van der Waals surface area contributed by atoms with Crippen LogP contribution in [-0.4, -0.2) is 36.0 Å². The van der Waals surface area contributed by atoms with E-state index in [9.17, 15) is 27.6 Å². The Balaban J connectivity index is 2.59. The molecule has 0 saturated carbocycles. The van der Waals surface area contributed by atoms with Gasteiger partial charge in [0.15, 0.2) is 5.78 Å². The lowest BCUT2D eigenvalue weighted by molar-refractivity contribution is -0.137. The molecule has 1 amide bonds. The van der Waals surface area contributed by atoms with E-state index in [4.69, 9.17) is 4.74 Å². The quantitative estimate of drug-likeness (QED) is 0.655. The number of methoxy groups -OCH3 is 1. The molecule has 2 aromatic rings. The molecule has 0 spiro atoms. The summed E-state index contributed by atoms with van der Waals surface area (Å²) < 4.78 is 45.6. The first-order chi connectivity index (χ1) is 15.2. The van der Waals surface area contributed by atoms with Crippen LogP contribution in [0.15, 0.2) is 29.1 Å². The van der Waals surface area contributed by atoms with Gasteiger partial charge in [-0.05, 0) is 30.7 Å². The SMILES string of the molecule is COCC(C)NC(=O)Cn1c(=CC(=O)C(C)(C)C)sc(=Cc2cccc(C(F)(F)F)c2)c1=O. The third kappa shape index (κ3) is 7.40. The summed E-state index contributed by atoms with van der Waals surface area (Å²) in [6.07, 6.45) is -1.90. The lowest BCUT2D eigenvalue weighted by Crippen LogP contribution is -2.42. The summed E-state index contributed by atoms with van der Waals surface area (Å²) in [5, 5.41) is 2.70. The van der Waals surface area contributed by atoms with Gasteiger partial charge in [0.2, 0.25) is 5.91 Å². The molecule has 1 atom stereocenters. The van der Waals surface area contributed by atoms with Crippen molar-refractivity contribution < 1.29 is 27.5 Å². The number of aromatic nitrogens is 1. The third-order valence-electron chi connectivity index (χ3n) is 4.57. The molecule has 0 aliphatic heterocycles. The molecule has 0 aliphatic carbocycles. The number of halogens is 3. The highest BCUT2D eigenvalue weighted by molar-refractivity contribution is 7.07. The van der Waals surface area contributed by atoms with Gasteiger partial charge >= 0.3 is 6.18 Å². The summed E-state index contributed by atoms with van der Waals surface area (Å²) >= 11 is 0.942. The Kier molecular flexibility index (Phi) is 8.42. The summed E-state index contributed by atoms with van der Waals surface area (Å²) in [7, 11) is 1.49. The minimum Gasteiger partial charge on any atom is -0.383 e. The first-order valence-corrected chi connectivity index (χ1v) is 11.0. The van der Waals surface area contributed by atoms with Crippen molar-refractivity contribution in [1.82, 2.24) is 9.88 Å². The lowest BCUT2D eigenvalue weighted by Gasteiger charge is -2.14. The normalized spacial score (nSPS) is 14.4. The molecular formula is C23H27F3N2O4S. The van der Waals surface area contributed by atoms with Gasteiger partial charge in [-0.25, -0.2) is 0 Å². The Labute approximate surface area is 193 Å². The highest BCUT2D eigenvalue weighted by Gasteiger charge is 2.30. The van der Waals surface area contributed by atoms with Crippen molar-refractivity contribution in [2.45, 2.75) is 46.5 Å². The highest BCUT2D eigenvalue weighted by Crippen LogP contribution is 2.29. The second kappa shape index (κ2) is 10.5. The van der Waals surface area contributed by atoms with Crippen LogP contribution in [0.3, 0.4) is 0 Å². The highest BCUT2D eigenvalue weighted by atomic mass is 32.1. The average Bonchev–Trinajstić information content (AvgIpc) is 2.95. The van der Waals surface area contributed by atoms with Crippen LogP contribution in [-0.2, 0) is 27.0 Å². The Bertz CT molecular complexity index is 1190. The van der Waals surface area contributed by atoms with Gasteiger partial charge in [0.25, 0.3) is 5.56 Å². The molecule has 1 unspecified atom stereocenters. The van der Waals surface area contributed by atoms with Crippen LogP contribution in [0.2, 0.25) is 0 Å². The van der Waals surface area contributed by atoms with Gasteiger partial charge in [-0.3, -0.25) is 19.0 Å². The predicted octanol–water partition coefficient (Wildman–Crippen LogP) is 2.30. The first kappa shape index (κ1) is 26.5. The van der Waals surface area contributed by atoms with Crippen LogP contribution >= 0.6 is 11.3 Å². The molecule has 1 N–H and O–H groups in total. The van der Waals surface area contributed by atoms with Crippen LogP contribution < -0.4 is 20.1 Å². The number of carbonyl (C=O) groups excluding carboxylic acids is 2. The second-order valence-electron chi connectivity index (χ2n) is 8.65. The average molecular weight is 485 g/mol. The number of rotatable bonds is 7.